The Morgan fingerprint density at radius 1 is 1.53 bits per heavy atom. The SMILES string of the molecule is CCN1CCCC1CN(C)CC(O)CNCCOC. The maximum absolute atomic E-state index is 9.96. The number of ether oxygens (including phenoxy) is 1. The Hall–Kier alpha value is -0.200. The Labute approximate surface area is 117 Å². The van der Waals surface area contributed by atoms with Crippen molar-refractivity contribution in [3.05, 3.63) is 0 Å². The zero-order valence-corrected chi connectivity index (χ0v) is 12.8. The van der Waals surface area contributed by atoms with E-state index in [1.54, 1.807) is 7.11 Å². The first-order chi connectivity index (χ1) is 9.17. The minimum Gasteiger partial charge on any atom is -0.390 e. The fourth-order valence-corrected chi connectivity index (χ4v) is 2.82. The Morgan fingerprint density at radius 3 is 3.00 bits per heavy atom. The summed E-state index contributed by atoms with van der Waals surface area (Å²) in [5, 5.41) is 13.2. The highest BCUT2D eigenvalue weighted by atomic mass is 16.5. The smallest absolute Gasteiger partial charge is 0.0791 e. The van der Waals surface area contributed by atoms with Gasteiger partial charge in [-0.2, -0.15) is 0 Å². The Morgan fingerprint density at radius 2 is 2.32 bits per heavy atom. The number of methoxy groups -OCH3 is 1. The number of nitrogens with one attached hydrogen (secondary N) is 1. The molecule has 0 saturated carbocycles. The second-order valence-electron chi connectivity index (χ2n) is 5.50. The summed E-state index contributed by atoms with van der Waals surface area (Å²) in [5.74, 6) is 0. The average Bonchev–Trinajstić information content (AvgIpc) is 2.81. The maximum atomic E-state index is 9.96. The molecule has 1 aliphatic heterocycles. The first kappa shape index (κ1) is 16.9. The number of likely N-dealkylation sites (tertiary alicyclic amines) is 1. The predicted molar refractivity (Wildman–Crippen MR) is 78.5 cm³/mol. The molecule has 1 saturated heterocycles. The van der Waals surface area contributed by atoms with Crippen molar-refractivity contribution >= 4 is 0 Å². The van der Waals surface area contributed by atoms with Crippen LogP contribution in [0.4, 0.5) is 0 Å². The van der Waals surface area contributed by atoms with Crippen LogP contribution >= 0.6 is 0 Å². The van der Waals surface area contributed by atoms with Crippen molar-refractivity contribution in [3.63, 3.8) is 0 Å². The van der Waals surface area contributed by atoms with Crippen LogP contribution in [0, 0.1) is 0 Å². The van der Waals surface area contributed by atoms with Gasteiger partial charge in [0.25, 0.3) is 0 Å². The highest BCUT2D eigenvalue weighted by molar-refractivity contribution is 4.81. The zero-order valence-electron chi connectivity index (χ0n) is 12.8. The van der Waals surface area contributed by atoms with Gasteiger partial charge in [0.15, 0.2) is 0 Å². The van der Waals surface area contributed by atoms with E-state index in [9.17, 15) is 5.11 Å². The summed E-state index contributed by atoms with van der Waals surface area (Å²) in [7, 11) is 3.79. The fourth-order valence-electron chi connectivity index (χ4n) is 2.82. The second kappa shape index (κ2) is 9.66. The standard InChI is InChI=1S/C14H31N3O2/c1-4-17-8-5-6-13(17)11-16(2)12-14(18)10-15-7-9-19-3/h13-15,18H,4-12H2,1-3H3. The van der Waals surface area contributed by atoms with Crippen molar-refractivity contribution in [2.24, 2.45) is 0 Å². The number of likely N-dealkylation sites (N-methyl/N-ethyl adjacent to an activating group) is 2. The molecule has 1 rings (SSSR count). The molecule has 2 unspecified atom stereocenters. The highest BCUT2D eigenvalue weighted by Crippen LogP contribution is 2.17. The molecule has 114 valence electrons. The highest BCUT2D eigenvalue weighted by Gasteiger charge is 2.24. The lowest BCUT2D eigenvalue weighted by molar-refractivity contribution is 0.105. The van der Waals surface area contributed by atoms with Crippen LogP contribution in [0.5, 0.6) is 0 Å². The molecular formula is C14H31N3O2. The van der Waals surface area contributed by atoms with Crippen LogP contribution in [-0.4, -0.2) is 87.1 Å². The van der Waals surface area contributed by atoms with Crippen LogP contribution < -0.4 is 5.32 Å². The van der Waals surface area contributed by atoms with Crippen molar-refractivity contribution in [2.75, 3.05) is 60.0 Å². The first-order valence-corrected chi connectivity index (χ1v) is 7.47. The summed E-state index contributed by atoms with van der Waals surface area (Å²) in [6, 6.07) is 0.670. The molecule has 1 fully saturated rings. The van der Waals surface area contributed by atoms with E-state index in [0.717, 1.165) is 26.2 Å². The van der Waals surface area contributed by atoms with Gasteiger partial charge in [-0.25, -0.2) is 0 Å². The molecule has 0 bridgehead atoms. The number of hydrogen-bond donors (Lipinski definition) is 2. The molecule has 0 aromatic rings. The van der Waals surface area contributed by atoms with Crippen LogP contribution in [0.3, 0.4) is 0 Å². The molecule has 0 radical (unpaired) electrons. The van der Waals surface area contributed by atoms with Gasteiger partial charge in [0.1, 0.15) is 0 Å². The van der Waals surface area contributed by atoms with Gasteiger partial charge >= 0.3 is 0 Å². The topological polar surface area (TPSA) is 48.0 Å². The molecule has 5 nitrogen and oxygen atoms in total. The lowest BCUT2D eigenvalue weighted by atomic mass is 10.2. The van der Waals surface area contributed by atoms with Gasteiger partial charge in [-0.3, -0.25) is 4.90 Å². The van der Waals surface area contributed by atoms with E-state index < -0.39 is 0 Å². The number of nitrogens with zero attached hydrogens (tertiary/aromatic N) is 2. The van der Waals surface area contributed by atoms with Gasteiger partial charge < -0.3 is 20.1 Å². The van der Waals surface area contributed by atoms with Crippen LogP contribution in [-0.2, 0) is 4.74 Å². The fraction of sp³-hybridized carbons (Fsp3) is 1.00. The van der Waals surface area contributed by atoms with Crippen molar-refractivity contribution in [1.82, 2.24) is 15.1 Å². The van der Waals surface area contributed by atoms with Crippen molar-refractivity contribution in [1.29, 1.82) is 0 Å². The number of aliphatic hydroxyl groups excluding tert-OH is 1. The zero-order chi connectivity index (χ0) is 14.1. The van der Waals surface area contributed by atoms with Gasteiger partial charge in [-0.15, -0.1) is 0 Å². The molecule has 0 aliphatic carbocycles. The molecule has 0 amide bonds. The molecule has 1 aliphatic rings. The largest absolute Gasteiger partial charge is 0.390 e. The molecule has 0 aromatic carbocycles. The molecule has 0 aromatic heterocycles. The lowest BCUT2D eigenvalue weighted by Crippen LogP contribution is -2.43. The quantitative estimate of drug-likeness (QED) is 0.549. The minimum atomic E-state index is -0.307. The van der Waals surface area contributed by atoms with Crippen LogP contribution in [0.1, 0.15) is 19.8 Å². The van der Waals surface area contributed by atoms with E-state index in [0.29, 0.717) is 19.2 Å². The normalized spacial score (nSPS) is 22.3. The number of aliphatic hydroxyl groups is 1. The summed E-state index contributed by atoms with van der Waals surface area (Å²) >= 11 is 0. The van der Waals surface area contributed by atoms with E-state index >= 15 is 0 Å². The van der Waals surface area contributed by atoms with E-state index in [2.05, 4.69) is 29.1 Å². The summed E-state index contributed by atoms with van der Waals surface area (Å²) < 4.78 is 4.96. The van der Waals surface area contributed by atoms with E-state index in [4.69, 9.17) is 4.74 Å². The van der Waals surface area contributed by atoms with Gasteiger partial charge in [0, 0.05) is 39.3 Å². The summed E-state index contributed by atoms with van der Waals surface area (Å²) in [5.41, 5.74) is 0. The molecular weight excluding hydrogens is 242 g/mol. The van der Waals surface area contributed by atoms with E-state index in [1.807, 2.05) is 0 Å². The van der Waals surface area contributed by atoms with Gasteiger partial charge in [-0.1, -0.05) is 6.92 Å². The van der Waals surface area contributed by atoms with Crippen molar-refractivity contribution in [2.45, 2.75) is 31.9 Å². The van der Waals surface area contributed by atoms with Gasteiger partial charge in [0.05, 0.1) is 12.7 Å². The monoisotopic (exact) mass is 273 g/mol. The molecule has 2 N–H and O–H groups in total. The average molecular weight is 273 g/mol. The molecule has 0 spiro atoms. The summed E-state index contributed by atoms with van der Waals surface area (Å²) in [6.45, 7) is 8.51. The number of rotatable bonds is 10. The van der Waals surface area contributed by atoms with Crippen LogP contribution in [0.2, 0.25) is 0 Å². The predicted octanol–water partition coefficient (Wildman–Crippen LogP) is -0.000600. The van der Waals surface area contributed by atoms with Crippen LogP contribution in [0.25, 0.3) is 0 Å². The molecule has 1 heterocycles. The van der Waals surface area contributed by atoms with E-state index in [1.165, 1.54) is 19.4 Å². The molecule has 19 heavy (non-hydrogen) atoms. The van der Waals surface area contributed by atoms with E-state index in [-0.39, 0.29) is 6.10 Å². The third kappa shape index (κ3) is 6.68. The first-order valence-electron chi connectivity index (χ1n) is 7.47. The van der Waals surface area contributed by atoms with Gasteiger partial charge in [0.2, 0.25) is 0 Å². The third-order valence-corrected chi connectivity index (χ3v) is 3.81. The molecule has 2 atom stereocenters. The molecule has 5 heteroatoms. The van der Waals surface area contributed by atoms with Crippen molar-refractivity contribution < 1.29 is 9.84 Å². The Balaban J connectivity index is 2.13. The third-order valence-electron chi connectivity index (χ3n) is 3.81. The van der Waals surface area contributed by atoms with Gasteiger partial charge in [-0.05, 0) is 33.0 Å². The summed E-state index contributed by atoms with van der Waals surface area (Å²) in [6.07, 6.45) is 2.30. The number of hydrogen-bond acceptors (Lipinski definition) is 5. The Kier molecular flexibility index (Phi) is 8.57. The lowest BCUT2D eigenvalue weighted by Gasteiger charge is -2.29. The maximum Gasteiger partial charge on any atom is 0.0791 e. The van der Waals surface area contributed by atoms with Crippen LogP contribution in [0.15, 0.2) is 0 Å². The summed E-state index contributed by atoms with van der Waals surface area (Å²) in [4.78, 5) is 4.79. The minimum absolute atomic E-state index is 0.307. The second-order valence-corrected chi connectivity index (χ2v) is 5.50. The Bertz CT molecular complexity index is 229. The van der Waals surface area contributed by atoms with Crippen molar-refractivity contribution in [3.8, 4) is 0 Å².